The molecule has 0 saturated carbocycles. The van der Waals surface area contributed by atoms with E-state index in [1.807, 2.05) is 0 Å². The Labute approximate surface area is 136 Å². The van der Waals surface area contributed by atoms with Crippen LogP contribution in [0, 0.1) is 23.3 Å². The van der Waals surface area contributed by atoms with Gasteiger partial charge in [0, 0.05) is 0 Å². The van der Waals surface area contributed by atoms with Crippen LogP contribution in [0.1, 0.15) is 20.7 Å². The van der Waals surface area contributed by atoms with E-state index in [4.69, 9.17) is 0 Å². The molecule has 1 aromatic rings. The third-order valence-corrected chi connectivity index (χ3v) is 2.41. The molecule has 1 aromatic carbocycles. The zero-order valence-corrected chi connectivity index (χ0v) is 11.8. The Bertz CT molecular complexity index is 661. The van der Waals surface area contributed by atoms with Gasteiger partial charge in [-0.2, -0.15) is 26.3 Å². The van der Waals surface area contributed by atoms with Crippen molar-refractivity contribution in [3.05, 3.63) is 34.4 Å². The summed E-state index contributed by atoms with van der Waals surface area (Å²) in [5.74, 6) is -15.7. The summed E-state index contributed by atoms with van der Waals surface area (Å²) in [7, 11) is 0. The van der Waals surface area contributed by atoms with Gasteiger partial charge in [0.2, 0.25) is 0 Å². The molecule has 4 nitrogen and oxygen atoms in total. The van der Waals surface area contributed by atoms with Gasteiger partial charge in [-0.1, -0.05) is 0 Å². The minimum Gasteiger partial charge on any atom is -0.452 e. The zero-order valence-electron chi connectivity index (χ0n) is 11.8. The van der Waals surface area contributed by atoms with Crippen molar-refractivity contribution in [1.29, 1.82) is 0 Å². The summed E-state index contributed by atoms with van der Waals surface area (Å²) in [6.45, 7) is -4.80. The summed E-state index contributed by atoms with van der Waals surface area (Å²) in [6.07, 6.45) is -10.4. The maximum atomic E-state index is 13.6. The summed E-state index contributed by atoms with van der Waals surface area (Å²) < 4.78 is 132. The molecule has 0 atom stereocenters. The van der Waals surface area contributed by atoms with Gasteiger partial charge in [-0.15, -0.1) is 0 Å². The van der Waals surface area contributed by atoms with Crippen LogP contribution in [-0.4, -0.2) is 37.5 Å². The SMILES string of the molecule is O=C(OCC(F)(F)F)c1c(F)c(F)c(F)c(F)c1C(=O)OCC(F)(F)F. The van der Waals surface area contributed by atoms with Gasteiger partial charge in [-0.3, -0.25) is 0 Å². The monoisotopic (exact) mass is 402 g/mol. The Morgan fingerprint density at radius 2 is 0.885 bits per heavy atom. The largest absolute Gasteiger partial charge is 0.452 e. The number of benzene rings is 1. The number of carbonyl (C=O) groups excluding carboxylic acids is 2. The summed E-state index contributed by atoms with van der Waals surface area (Å²) >= 11 is 0. The van der Waals surface area contributed by atoms with Crippen LogP contribution in [0.5, 0.6) is 0 Å². The molecule has 0 heterocycles. The van der Waals surface area contributed by atoms with Crippen molar-refractivity contribution in [3.8, 4) is 0 Å². The topological polar surface area (TPSA) is 52.6 Å². The fraction of sp³-hybridized carbons (Fsp3) is 0.333. The summed E-state index contributed by atoms with van der Waals surface area (Å²) in [5, 5.41) is 0. The molecule has 0 aliphatic heterocycles. The Kier molecular flexibility index (Phi) is 6.10. The number of ether oxygens (including phenoxy) is 2. The first-order valence-electron chi connectivity index (χ1n) is 5.99. The van der Waals surface area contributed by atoms with Crippen molar-refractivity contribution < 1.29 is 63.0 Å². The summed E-state index contributed by atoms with van der Waals surface area (Å²) in [4.78, 5) is 22.8. The second kappa shape index (κ2) is 7.37. The molecule has 0 unspecified atom stereocenters. The lowest BCUT2D eigenvalue weighted by atomic mass is 10.0. The Morgan fingerprint density at radius 1 is 0.615 bits per heavy atom. The highest BCUT2D eigenvalue weighted by Crippen LogP contribution is 2.27. The molecule has 14 heteroatoms. The quantitative estimate of drug-likeness (QED) is 0.334. The smallest absolute Gasteiger partial charge is 0.422 e. The van der Waals surface area contributed by atoms with E-state index in [1.54, 1.807) is 0 Å². The van der Waals surface area contributed by atoms with Gasteiger partial charge in [-0.05, 0) is 0 Å². The van der Waals surface area contributed by atoms with Crippen LogP contribution in [0.4, 0.5) is 43.9 Å². The van der Waals surface area contributed by atoms with Crippen LogP contribution < -0.4 is 0 Å². The maximum absolute atomic E-state index is 13.6. The minimum atomic E-state index is -5.18. The van der Waals surface area contributed by atoms with Crippen LogP contribution in [0.25, 0.3) is 0 Å². The van der Waals surface area contributed by atoms with Crippen LogP contribution in [0.3, 0.4) is 0 Å². The number of halogens is 10. The van der Waals surface area contributed by atoms with Crippen molar-refractivity contribution in [2.24, 2.45) is 0 Å². The second-order valence-electron chi connectivity index (χ2n) is 4.39. The molecule has 0 aromatic heterocycles. The molecule has 0 amide bonds. The van der Waals surface area contributed by atoms with E-state index >= 15 is 0 Å². The minimum absolute atomic E-state index is 2.20. The molecule has 0 aliphatic rings. The van der Waals surface area contributed by atoms with E-state index in [2.05, 4.69) is 9.47 Å². The molecular weight excluding hydrogens is 398 g/mol. The molecule has 0 N–H and O–H groups in total. The molecule has 0 aliphatic carbocycles. The number of rotatable bonds is 4. The van der Waals surface area contributed by atoms with Crippen LogP contribution in [0.15, 0.2) is 0 Å². The van der Waals surface area contributed by atoms with E-state index in [-0.39, 0.29) is 0 Å². The predicted molar refractivity (Wildman–Crippen MR) is 58.9 cm³/mol. The van der Waals surface area contributed by atoms with Gasteiger partial charge in [0.15, 0.2) is 36.5 Å². The third-order valence-electron chi connectivity index (χ3n) is 2.41. The van der Waals surface area contributed by atoms with Gasteiger partial charge < -0.3 is 9.47 Å². The Morgan fingerprint density at radius 3 is 1.12 bits per heavy atom. The second-order valence-corrected chi connectivity index (χ2v) is 4.39. The number of carbonyl (C=O) groups is 2. The fourth-order valence-electron chi connectivity index (χ4n) is 1.45. The number of esters is 2. The average molecular weight is 402 g/mol. The summed E-state index contributed by atoms with van der Waals surface area (Å²) in [6, 6.07) is 0. The zero-order chi connectivity index (χ0) is 20.4. The molecule has 26 heavy (non-hydrogen) atoms. The standard InChI is InChI=1S/C12H4F10O4/c13-5-3(9(23)25-1-11(17,18)19)4(6(14)8(16)7(5)15)10(24)26-2-12(20,21)22/h1-2H2. The fourth-order valence-corrected chi connectivity index (χ4v) is 1.45. The van der Waals surface area contributed by atoms with Crippen LogP contribution >= 0.6 is 0 Å². The lowest BCUT2D eigenvalue weighted by Crippen LogP contribution is -2.26. The molecule has 1 rings (SSSR count). The predicted octanol–water partition coefficient (Wildman–Crippen LogP) is 3.68. The van der Waals surface area contributed by atoms with Gasteiger partial charge in [0.1, 0.15) is 11.1 Å². The van der Waals surface area contributed by atoms with Gasteiger partial charge in [0.25, 0.3) is 0 Å². The number of hydrogen-bond donors (Lipinski definition) is 0. The third kappa shape index (κ3) is 5.23. The highest BCUT2D eigenvalue weighted by Gasteiger charge is 2.38. The molecular formula is C12H4F10O4. The highest BCUT2D eigenvalue weighted by molar-refractivity contribution is 6.03. The van der Waals surface area contributed by atoms with Crippen molar-refractivity contribution in [3.63, 3.8) is 0 Å². The first kappa shape index (κ1) is 21.5. The summed E-state index contributed by atoms with van der Waals surface area (Å²) in [5.41, 5.74) is -4.39. The lowest BCUT2D eigenvalue weighted by Gasteiger charge is -2.14. The molecule has 0 spiro atoms. The molecule has 0 radical (unpaired) electrons. The Balaban J connectivity index is 3.39. The first-order valence-corrected chi connectivity index (χ1v) is 5.99. The average Bonchev–Trinajstić information content (AvgIpc) is 2.50. The van der Waals surface area contributed by atoms with Crippen molar-refractivity contribution in [1.82, 2.24) is 0 Å². The van der Waals surface area contributed by atoms with Crippen molar-refractivity contribution in [2.75, 3.05) is 13.2 Å². The van der Waals surface area contributed by atoms with Crippen molar-refractivity contribution in [2.45, 2.75) is 12.4 Å². The first-order chi connectivity index (χ1) is 11.7. The maximum Gasteiger partial charge on any atom is 0.422 e. The molecule has 0 bridgehead atoms. The van der Waals surface area contributed by atoms with Crippen LogP contribution in [-0.2, 0) is 9.47 Å². The molecule has 0 fully saturated rings. The highest BCUT2D eigenvalue weighted by atomic mass is 19.4. The van der Waals surface area contributed by atoms with E-state index in [0.717, 1.165) is 0 Å². The normalized spacial score (nSPS) is 12.1. The van der Waals surface area contributed by atoms with E-state index in [0.29, 0.717) is 0 Å². The van der Waals surface area contributed by atoms with E-state index in [9.17, 15) is 53.5 Å². The number of alkyl halides is 6. The Hall–Kier alpha value is -2.54. The number of hydrogen-bond acceptors (Lipinski definition) is 4. The lowest BCUT2D eigenvalue weighted by molar-refractivity contribution is -0.162. The van der Waals surface area contributed by atoms with Crippen molar-refractivity contribution >= 4 is 11.9 Å². The van der Waals surface area contributed by atoms with Crippen LogP contribution in [0.2, 0.25) is 0 Å². The van der Waals surface area contributed by atoms with Gasteiger partial charge >= 0.3 is 24.3 Å². The van der Waals surface area contributed by atoms with Gasteiger partial charge in [0.05, 0.1) is 0 Å². The molecule has 0 saturated heterocycles. The molecule has 146 valence electrons. The van der Waals surface area contributed by atoms with Gasteiger partial charge in [-0.25, -0.2) is 27.2 Å². The van der Waals surface area contributed by atoms with E-state index < -0.39 is 71.9 Å². The van der Waals surface area contributed by atoms with E-state index in [1.165, 1.54) is 0 Å².